The molecule has 2 heteroatoms. The van der Waals surface area contributed by atoms with Crippen molar-refractivity contribution in [2.45, 2.75) is 32.6 Å². The highest BCUT2D eigenvalue weighted by Gasteiger charge is 2.22. The number of methoxy groups -OCH3 is 1. The first-order valence-electron chi connectivity index (χ1n) is 6.08. The third-order valence-corrected chi connectivity index (χ3v) is 3.54. The number of fused-ring (bicyclic) bond motifs is 1. The predicted octanol–water partition coefficient (Wildman–Crippen LogP) is 3.31. The van der Waals surface area contributed by atoms with Crippen LogP contribution in [0.3, 0.4) is 0 Å². The summed E-state index contributed by atoms with van der Waals surface area (Å²) in [5.74, 6) is 0.326. The summed E-state index contributed by atoms with van der Waals surface area (Å²) in [4.78, 5) is 11.5. The molecule has 0 bridgehead atoms. The maximum absolute atomic E-state index is 11.5. The summed E-state index contributed by atoms with van der Waals surface area (Å²) in [5, 5.41) is 0. The lowest BCUT2D eigenvalue weighted by molar-refractivity contribution is -0.136. The Morgan fingerprint density at radius 1 is 1.47 bits per heavy atom. The molecule has 0 spiro atoms. The van der Waals surface area contributed by atoms with Gasteiger partial charge in [-0.25, -0.2) is 4.79 Å². The average molecular weight is 230 g/mol. The quantitative estimate of drug-likeness (QED) is 0.745. The van der Waals surface area contributed by atoms with Gasteiger partial charge in [-0.3, -0.25) is 0 Å². The lowest BCUT2D eigenvalue weighted by Crippen LogP contribution is -2.05. The fourth-order valence-corrected chi connectivity index (χ4v) is 2.34. The van der Waals surface area contributed by atoms with Crippen LogP contribution in [0.5, 0.6) is 0 Å². The number of hydrogen-bond donors (Lipinski definition) is 0. The van der Waals surface area contributed by atoms with Gasteiger partial charge in [0.2, 0.25) is 0 Å². The standard InChI is InChI=1S/C15H18O2/c1-4-10(2)13-7-5-6-11-8-12(9-14(11)13)15(16)17-3/h5-8,10H,4,9H2,1-3H3. The van der Waals surface area contributed by atoms with Gasteiger partial charge in [-0.2, -0.15) is 0 Å². The largest absolute Gasteiger partial charge is 0.466 e. The predicted molar refractivity (Wildman–Crippen MR) is 68.8 cm³/mol. The highest BCUT2D eigenvalue weighted by molar-refractivity contribution is 5.96. The number of carbonyl (C=O) groups is 1. The SMILES string of the molecule is CCC(C)c1cccc2c1CC(C(=O)OC)=C2. The Hall–Kier alpha value is -1.57. The fraction of sp³-hybridized carbons (Fsp3) is 0.400. The minimum atomic E-state index is -0.212. The van der Waals surface area contributed by atoms with Crippen LogP contribution in [0.4, 0.5) is 0 Å². The smallest absolute Gasteiger partial charge is 0.334 e. The lowest BCUT2D eigenvalue weighted by Gasteiger charge is -2.14. The van der Waals surface area contributed by atoms with Crippen molar-refractivity contribution in [3.8, 4) is 0 Å². The molecule has 0 saturated heterocycles. The lowest BCUT2D eigenvalue weighted by atomic mass is 9.91. The van der Waals surface area contributed by atoms with Crippen molar-refractivity contribution in [2.75, 3.05) is 7.11 Å². The molecule has 1 aromatic rings. The van der Waals surface area contributed by atoms with Crippen LogP contribution in [0, 0.1) is 0 Å². The van der Waals surface area contributed by atoms with Gasteiger partial charge in [-0.1, -0.05) is 32.0 Å². The molecule has 2 nitrogen and oxygen atoms in total. The molecule has 0 heterocycles. The van der Waals surface area contributed by atoms with Gasteiger partial charge < -0.3 is 4.74 Å². The molecule has 17 heavy (non-hydrogen) atoms. The molecule has 0 saturated carbocycles. The van der Waals surface area contributed by atoms with E-state index in [-0.39, 0.29) is 5.97 Å². The van der Waals surface area contributed by atoms with E-state index >= 15 is 0 Å². The van der Waals surface area contributed by atoms with Crippen LogP contribution in [-0.2, 0) is 16.0 Å². The summed E-state index contributed by atoms with van der Waals surface area (Å²) in [7, 11) is 1.43. The Kier molecular flexibility index (Phi) is 3.32. The maximum atomic E-state index is 11.5. The second kappa shape index (κ2) is 4.74. The van der Waals surface area contributed by atoms with Gasteiger partial charge in [0.15, 0.2) is 0 Å². The molecule has 1 aliphatic rings. The van der Waals surface area contributed by atoms with Gasteiger partial charge in [0.25, 0.3) is 0 Å². The summed E-state index contributed by atoms with van der Waals surface area (Å²) < 4.78 is 4.78. The first-order valence-corrected chi connectivity index (χ1v) is 6.08. The van der Waals surface area contributed by atoms with Crippen LogP contribution < -0.4 is 0 Å². The summed E-state index contributed by atoms with van der Waals surface area (Å²) in [6.07, 6.45) is 3.78. The third-order valence-electron chi connectivity index (χ3n) is 3.54. The van der Waals surface area contributed by atoms with E-state index in [2.05, 4.69) is 32.0 Å². The van der Waals surface area contributed by atoms with E-state index in [1.54, 1.807) is 0 Å². The number of benzene rings is 1. The van der Waals surface area contributed by atoms with E-state index in [1.807, 2.05) is 6.08 Å². The zero-order valence-corrected chi connectivity index (χ0v) is 10.6. The zero-order valence-electron chi connectivity index (χ0n) is 10.6. The van der Waals surface area contributed by atoms with Crippen LogP contribution in [-0.4, -0.2) is 13.1 Å². The zero-order chi connectivity index (χ0) is 12.4. The molecule has 0 amide bonds. The number of ether oxygens (including phenoxy) is 1. The molecule has 2 rings (SSSR count). The van der Waals surface area contributed by atoms with Gasteiger partial charge in [-0.05, 0) is 35.1 Å². The Balaban J connectivity index is 2.35. The van der Waals surface area contributed by atoms with Crippen LogP contribution in [0.1, 0.15) is 42.9 Å². The summed E-state index contributed by atoms with van der Waals surface area (Å²) in [6, 6.07) is 6.30. The number of rotatable bonds is 3. The molecular weight excluding hydrogens is 212 g/mol. The number of carbonyl (C=O) groups excluding carboxylic acids is 1. The van der Waals surface area contributed by atoms with Crippen LogP contribution >= 0.6 is 0 Å². The topological polar surface area (TPSA) is 26.3 Å². The van der Waals surface area contributed by atoms with Crippen LogP contribution in [0.25, 0.3) is 6.08 Å². The number of esters is 1. The molecule has 90 valence electrons. The maximum Gasteiger partial charge on any atom is 0.334 e. The van der Waals surface area contributed by atoms with E-state index in [0.717, 1.165) is 12.0 Å². The van der Waals surface area contributed by atoms with E-state index < -0.39 is 0 Å². The number of hydrogen-bond acceptors (Lipinski definition) is 2. The van der Waals surface area contributed by atoms with E-state index in [9.17, 15) is 4.79 Å². The first-order chi connectivity index (χ1) is 8.17. The van der Waals surface area contributed by atoms with E-state index in [0.29, 0.717) is 12.3 Å². The Morgan fingerprint density at radius 2 is 2.24 bits per heavy atom. The minimum absolute atomic E-state index is 0.212. The molecule has 0 fully saturated rings. The van der Waals surface area contributed by atoms with Crippen LogP contribution in [0.2, 0.25) is 0 Å². The summed E-state index contributed by atoms with van der Waals surface area (Å²) >= 11 is 0. The molecular formula is C15H18O2. The van der Waals surface area contributed by atoms with Gasteiger partial charge in [0.05, 0.1) is 7.11 Å². The second-order valence-electron chi connectivity index (χ2n) is 4.56. The van der Waals surface area contributed by atoms with Gasteiger partial charge in [-0.15, -0.1) is 0 Å². The van der Waals surface area contributed by atoms with Crippen molar-refractivity contribution >= 4 is 12.0 Å². The van der Waals surface area contributed by atoms with Gasteiger partial charge in [0, 0.05) is 12.0 Å². The van der Waals surface area contributed by atoms with Crippen molar-refractivity contribution in [3.05, 3.63) is 40.5 Å². The summed E-state index contributed by atoms with van der Waals surface area (Å²) in [5.41, 5.74) is 4.59. The van der Waals surface area contributed by atoms with E-state index in [1.165, 1.54) is 23.8 Å². The van der Waals surface area contributed by atoms with Crippen LogP contribution in [0.15, 0.2) is 23.8 Å². The minimum Gasteiger partial charge on any atom is -0.466 e. The first kappa shape index (κ1) is 11.9. The molecule has 1 atom stereocenters. The highest BCUT2D eigenvalue weighted by Crippen LogP contribution is 2.33. The average Bonchev–Trinajstić information content (AvgIpc) is 2.80. The molecule has 0 radical (unpaired) electrons. The third kappa shape index (κ3) is 2.12. The normalized spacial score (nSPS) is 15.1. The molecule has 1 aliphatic carbocycles. The van der Waals surface area contributed by atoms with E-state index in [4.69, 9.17) is 4.74 Å². The molecule has 1 unspecified atom stereocenters. The molecule has 0 N–H and O–H groups in total. The summed E-state index contributed by atoms with van der Waals surface area (Å²) in [6.45, 7) is 4.42. The van der Waals surface area contributed by atoms with Crippen molar-refractivity contribution in [2.24, 2.45) is 0 Å². The molecule has 0 aliphatic heterocycles. The molecule has 1 aromatic carbocycles. The van der Waals surface area contributed by atoms with Crippen molar-refractivity contribution in [1.29, 1.82) is 0 Å². The Morgan fingerprint density at radius 3 is 2.88 bits per heavy atom. The van der Waals surface area contributed by atoms with Crippen molar-refractivity contribution in [3.63, 3.8) is 0 Å². The van der Waals surface area contributed by atoms with Crippen molar-refractivity contribution < 1.29 is 9.53 Å². The highest BCUT2D eigenvalue weighted by atomic mass is 16.5. The second-order valence-corrected chi connectivity index (χ2v) is 4.56. The molecule has 0 aromatic heterocycles. The fourth-order valence-electron chi connectivity index (χ4n) is 2.34. The van der Waals surface area contributed by atoms with Crippen molar-refractivity contribution in [1.82, 2.24) is 0 Å². The Labute approximate surface area is 102 Å². The van der Waals surface area contributed by atoms with Gasteiger partial charge >= 0.3 is 5.97 Å². The van der Waals surface area contributed by atoms with Gasteiger partial charge in [0.1, 0.15) is 0 Å². The Bertz CT molecular complexity index is 472. The monoisotopic (exact) mass is 230 g/mol.